The van der Waals surface area contributed by atoms with Gasteiger partial charge in [0.2, 0.25) is 0 Å². The second kappa shape index (κ2) is 5.91. The monoisotopic (exact) mass is 344 g/mol. The number of benzene rings is 1. The zero-order valence-electron chi connectivity index (χ0n) is 9.62. The SMILES string of the molecule is CC(Nc1ncc(Cl)cc1Br)c1ccccc1Cl. The lowest BCUT2D eigenvalue weighted by molar-refractivity contribution is 0.873. The first-order valence-corrected chi connectivity index (χ1v) is 6.95. The third-order valence-electron chi connectivity index (χ3n) is 2.53. The molecule has 1 unspecified atom stereocenters. The maximum atomic E-state index is 6.16. The Hall–Kier alpha value is -0.770. The molecule has 1 atom stereocenters. The largest absolute Gasteiger partial charge is 0.363 e. The number of hydrogen-bond acceptors (Lipinski definition) is 2. The molecule has 94 valence electrons. The molecule has 5 heteroatoms. The molecule has 1 heterocycles. The van der Waals surface area contributed by atoms with Gasteiger partial charge in [0.05, 0.1) is 15.5 Å². The molecule has 1 aromatic heterocycles. The van der Waals surface area contributed by atoms with Crippen molar-refractivity contribution in [2.75, 3.05) is 5.32 Å². The van der Waals surface area contributed by atoms with Crippen LogP contribution >= 0.6 is 39.1 Å². The van der Waals surface area contributed by atoms with Crippen LogP contribution < -0.4 is 5.32 Å². The topological polar surface area (TPSA) is 24.9 Å². The first-order chi connectivity index (χ1) is 8.58. The van der Waals surface area contributed by atoms with E-state index >= 15 is 0 Å². The summed E-state index contributed by atoms with van der Waals surface area (Å²) in [4.78, 5) is 4.24. The Kier molecular flexibility index (Phi) is 4.49. The Bertz CT molecular complexity index is 560. The molecule has 0 amide bonds. The summed E-state index contributed by atoms with van der Waals surface area (Å²) in [6, 6.07) is 9.60. The molecule has 0 radical (unpaired) electrons. The predicted octanol–water partition coefficient (Wildman–Crippen LogP) is 5.32. The molecule has 2 nitrogen and oxygen atoms in total. The Labute approximate surface area is 124 Å². The van der Waals surface area contributed by atoms with E-state index in [0.717, 1.165) is 20.9 Å². The Morgan fingerprint density at radius 2 is 2.00 bits per heavy atom. The zero-order valence-corrected chi connectivity index (χ0v) is 12.7. The summed E-state index contributed by atoms with van der Waals surface area (Å²) >= 11 is 15.4. The first-order valence-electron chi connectivity index (χ1n) is 5.40. The van der Waals surface area contributed by atoms with Crippen molar-refractivity contribution in [3.8, 4) is 0 Å². The van der Waals surface area contributed by atoms with Crippen molar-refractivity contribution < 1.29 is 0 Å². The molecule has 18 heavy (non-hydrogen) atoms. The van der Waals surface area contributed by atoms with Gasteiger partial charge in [-0.15, -0.1) is 0 Å². The van der Waals surface area contributed by atoms with E-state index in [2.05, 4.69) is 26.2 Å². The number of pyridine rings is 1. The van der Waals surface area contributed by atoms with Gasteiger partial charge in [-0.2, -0.15) is 0 Å². The van der Waals surface area contributed by atoms with Crippen LogP contribution in [0.2, 0.25) is 10.0 Å². The molecular weight excluding hydrogens is 335 g/mol. The summed E-state index contributed by atoms with van der Waals surface area (Å²) in [7, 11) is 0. The lowest BCUT2D eigenvalue weighted by Crippen LogP contribution is -2.08. The lowest BCUT2D eigenvalue weighted by atomic mass is 10.1. The van der Waals surface area contributed by atoms with Crippen molar-refractivity contribution in [2.45, 2.75) is 13.0 Å². The van der Waals surface area contributed by atoms with E-state index in [0.29, 0.717) is 5.02 Å². The van der Waals surface area contributed by atoms with Crippen molar-refractivity contribution >= 4 is 44.9 Å². The molecule has 2 aromatic rings. The van der Waals surface area contributed by atoms with Gasteiger partial charge in [0.1, 0.15) is 5.82 Å². The molecule has 1 aromatic carbocycles. The summed E-state index contributed by atoms with van der Waals surface area (Å²) < 4.78 is 0.828. The van der Waals surface area contributed by atoms with Crippen LogP contribution in [0.1, 0.15) is 18.5 Å². The van der Waals surface area contributed by atoms with Crippen molar-refractivity contribution in [3.63, 3.8) is 0 Å². The van der Waals surface area contributed by atoms with E-state index in [1.54, 1.807) is 12.3 Å². The molecule has 0 aliphatic carbocycles. The number of rotatable bonds is 3. The van der Waals surface area contributed by atoms with Crippen LogP contribution in [-0.4, -0.2) is 4.98 Å². The smallest absolute Gasteiger partial charge is 0.140 e. The van der Waals surface area contributed by atoms with Crippen LogP contribution in [0.4, 0.5) is 5.82 Å². The van der Waals surface area contributed by atoms with Crippen LogP contribution in [0.5, 0.6) is 0 Å². The van der Waals surface area contributed by atoms with Crippen molar-refractivity contribution in [1.82, 2.24) is 4.98 Å². The normalized spacial score (nSPS) is 12.2. The Morgan fingerprint density at radius 3 is 2.67 bits per heavy atom. The molecule has 0 fully saturated rings. The van der Waals surface area contributed by atoms with E-state index in [4.69, 9.17) is 23.2 Å². The number of halogens is 3. The standard InChI is InChI=1S/C13H11BrCl2N2/c1-8(10-4-2-3-5-12(10)16)18-13-11(14)6-9(15)7-17-13/h2-8H,1H3,(H,17,18). The highest BCUT2D eigenvalue weighted by molar-refractivity contribution is 9.10. The maximum Gasteiger partial charge on any atom is 0.140 e. The number of anilines is 1. The van der Waals surface area contributed by atoms with Gasteiger partial charge >= 0.3 is 0 Å². The fraction of sp³-hybridized carbons (Fsp3) is 0.154. The van der Waals surface area contributed by atoms with Crippen LogP contribution in [0.25, 0.3) is 0 Å². The minimum atomic E-state index is 0.0590. The van der Waals surface area contributed by atoms with Gasteiger partial charge in [0.15, 0.2) is 0 Å². The maximum absolute atomic E-state index is 6.16. The van der Waals surface area contributed by atoms with E-state index in [1.165, 1.54) is 0 Å². The summed E-state index contributed by atoms with van der Waals surface area (Å²) in [5.41, 5.74) is 1.03. The number of hydrogen-bond donors (Lipinski definition) is 1. The van der Waals surface area contributed by atoms with Crippen LogP contribution in [-0.2, 0) is 0 Å². The molecule has 0 aliphatic rings. The molecular formula is C13H11BrCl2N2. The minimum Gasteiger partial charge on any atom is -0.363 e. The fourth-order valence-corrected chi connectivity index (χ4v) is 2.68. The Balaban J connectivity index is 2.21. The third kappa shape index (κ3) is 3.16. The van der Waals surface area contributed by atoms with Gasteiger partial charge in [0.25, 0.3) is 0 Å². The van der Waals surface area contributed by atoms with Crippen molar-refractivity contribution in [1.29, 1.82) is 0 Å². The van der Waals surface area contributed by atoms with Gasteiger partial charge < -0.3 is 5.32 Å². The molecule has 0 saturated heterocycles. The van der Waals surface area contributed by atoms with Gasteiger partial charge in [-0.1, -0.05) is 41.4 Å². The van der Waals surface area contributed by atoms with E-state index in [1.807, 2.05) is 31.2 Å². The molecule has 1 N–H and O–H groups in total. The lowest BCUT2D eigenvalue weighted by Gasteiger charge is -2.17. The van der Waals surface area contributed by atoms with Crippen molar-refractivity contribution in [2.24, 2.45) is 0 Å². The average Bonchev–Trinajstić information content (AvgIpc) is 2.33. The van der Waals surface area contributed by atoms with Gasteiger partial charge in [-0.05, 0) is 40.5 Å². The molecule has 0 spiro atoms. The second-order valence-corrected chi connectivity index (χ2v) is 5.57. The number of aromatic nitrogens is 1. The molecule has 0 aliphatic heterocycles. The summed E-state index contributed by atoms with van der Waals surface area (Å²) in [5.74, 6) is 0.742. The number of nitrogens with one attached hydrogen (secondary N) is 1. The second-order valence-electron chi connectivity index (χ2n) is 3.87. The fourth-order valence-electron chi connectivity index (χ4n) is 1.63. The Morgan fingerprint density at radius 1 is 1.28 bits per heavy atom. The van der Waals surface area contributed by atoms with E-state index in [-0.39, 0.29) is 6.04 Å². The highest BCUT2D eigenvalue weighted by Gasteiger charge is 2.11. The summed E-state index contributed by atoms with van der Waals surface area (Å²) in [6.45, 7) is 2.03. The van der Waals surface area contributed by atoms with Crippen molar-refractivity contribution in [3.05, 3.63) is 56.6 Å². The van der Waals surface area contributed by atoms with Gasteiger partial charge in [-0.25, -0.2) is 4.98 Å². The third-order valence-corrected chi connectivity index (χ3v) is 3.69. The van der Waals surface area contributed by atoms with Crippen LogP contribution in [0.3, 0.4) is 0 Å². The quantitative estimate of drug-likeness (QED) is 0.813. The molecule has 2 rings (SSSR count). The van der Waals surface area contributed by atoms with Gasteiger partial charge in [0, 0.05) is 11.2 Å². The summed E-state index contributed by atoms with van der Waals surface area (Å²) in [6.07, 6.45) is 1.61. The molecule has 0 saturated carbocycles. The molecule has 0 bridgehead atoms. The highest BCUT2D eigenvalue weighted by Crippen LogP contribution is 2.29. The number of nitrogens with zero attached hydrogens (tertiary/aromatic N) is 1. The average molecular weight is 346 g/mol. The van der Waals surface area contributed by atoms with Crippen LogP contribution in [0.15, 0.2) is 41.0 Å². The first kappa shape index (κ1) is 13.7. The predicted molar refractivity (Wildman–Crippen MR) is 80.4 cm³/mol. The summed E-state index contributed by atoms with van der Waals surface area (Å²) in [5, 5.41) is 4.63. The zero-order chi connectivity index (χ0) is 13.1. The van der Waals surface area contributed by atoms with E-state index in [9.17, 15) is 0 Å². The van der Waals surface area contributed by atoms with E-state index < -0.39 is 0 Å². The minimum absolute atomic E-state index is 0.0590. The van der Waals surface area contributed by atoms with Crippen LogP contribution in [0, 0.1) is 0 Å². The van der Waals surface area contributed by atoms with Gasteiger partial charge in [-0.3, -0.25) is 0 Å². The highest BCUT2D eigenvalue weighted by atomic mass is 79.9.